The monoisotopic (exact) mass is 718 g/mol. The second-order valence-electron chi connectivity index (χ2n) is 14.6. The second-order valence-corrected chi connectivity index (χ2v) is 14.6. The molecule has 6 heteroatoms. The first-order valence-electron chi connectivity index (χ1n) is 18.5. The molecule has 0 spiro atoms. The van der Waals surface area contributed by atoms with Crippen LogP contribution < -0.4 is 21.7 Å². The van der Waals surface area contributed by atoms with Crippen molar-refractivity contribution in [2.75, 3.05) is 0 Å². The molecule has 0 aliphatic carbocycles. The molecule has 0 fully saturated rings. The molecule has 0 N–H and O–H groups in total. The van der Waals surface area contributed by atoms with Gasteiger partial charge in [-0.05, 0) is 118 Å². The summed E-state index contributed by atoms with van der Waals surface area (Å²) < 4.78 is 4.11. The molecule has 6 nitrogen and oxygen atoms in total. The summed E-state index contributed by atoms with van der Waals surface area (Å²) in [6.45, 7) is 0. The van der Waals surface area contributed by atoms with Crippen molar-refractivity contribution in [2.45, 2.75) is 0 Å². The highest BCUT2D eigenvalue weighted by Crippen LogP contribution is 2.37. The van der Waals surface area contributed by atoms with Crippen molar-refractivity contribution in [1.82, 2.24) is 8.80 Å². The predicted molar refractivity (Wildman–Crippen MR) is 229 cm³/mol. The zero-order valence-electron chi connectivity index (χ0n) is 29.5. The number of nitrogens with zero attached hydrogens (tertiary/aromatic N) is 2. The lowest BCUT2D eigenvalue weighted by Gasteiger charge is -2.16. The number of fused-ring (bicyclic) bond motifs is 9. The van der Waals surface area contributed by atoms with Gasteiger partial charge in [0.2, 0.25) is 0 Å². The molecule has 4 heterocycles. The molecule has 4 aromatic heterocycles. The summed E-state index contributed by atoms with van der Waals surface area (Å²) >= 11 is 0. The maximum atomic E-state index is 14.3. The SMILES string of the molecule is O=c1c2ccccc2n2c3ccc(-c4cc(-c5ccc6c(c5)c(=O)c5cccc7c(=O)c8ccccc8n6c75)c5ccccc5c4)cc3c(=O)c3cccc1c32. The maximum Gasteiger partial charge on any atom is 0.197 e. The van der Waals surface area contributed by atoms with Crippen LogP contribution in [-0.2, 0) is 0 Å². The Labute approximate surface area is 315 Å². The highest BCUT2D eigenvalue weighted by Gasteiger charge is 2.20. The van der Waals surface area contributed by atoms with Gasteiger partial charge in [-0.1, -0.05) is 72.8 Å². The Bertz CT molecular complexity index is 3980. The Morgan fingerprint density at radius 3 is 1.25 bits per heavy atom. The molecule has 260 valence electrons. The fourth-order valence-electron chi connectivity index (χ4n) is 9.23. The van der Waals surface area contributed by atoms with Crippen molar-refractivity contribution in [3.05, 3.63) is 199 Å². The van der Waals surface area contributed by atoms with E-state index in [0.29, 0.717) is 54.1 Å². The average molecular weight is 719 g/mol. The van der Waals surface area contributed by atoms with Gasteiger partial charge in [-0.25, -0.2) is 0 Å². The molecular formula is C50H26N2O4. The lowest BCUT2D eigenvalue weighted by molar-refractivity contribution is 1.31. The molecular weight excluding hydrogens is 693 g/mol. The third-order valence-electron chi connectivity index (χ3n) is 11.7. The van der Waals surface area contributed by atoms with Crippen molar-refractivity contribution in [2.24, 2.45) is 0 Å². The molecule has 12 aromatic rings. The Hall–Kier alpha value is -7.70. The van der Waals surface area contributed by atoms with Gasteiger partial charge in [0.15, 0.2) is 21.7 Å². The summed E-state index contributed by atoms with van der Waals surface area (Å²) in [6.07, 6.45) is 0. The second kappa shape index (κ2) is 10.9. The number of benzene rings is 8. The minimum Gasteiger partial charge on any atom is -0.308 e. The van der Waals surface area contributed by atoms with Gasteiger partial charge in [0.25, 0.3) is 0 Å². The zero-order chi connectivity index (χ0) is 37.4. The summed E-state index contributed by atoms with van der Waals surface area (Å²) in [6, 6.07) is 50.3. The van der Waals surface area contributed by atoms with Crippen LogP contribution in [0, 0.1) is 0 Å². The molecule has 0 saturated carbocycles. The van der Waals surface area contributed by atoms with Gasteiger partial charge in [0.1, 0.15) is 0 Å². The molecule has 0 amide bonds. The number of aromatic nitrogens is 2. The molecule has 0 bridgehead atoms. The molecule has 0 aliphatic heterocycles. The third-order valence-corrected chi connectivity index (χ3v) is 11.7. The first-order valence-corrected chi connectivity index (χ1v) is 18.5. The van der Waals surface area contributed by atoms with Crippen molar-refractivity contribution in [1.29, 1.82) is 0 Å². The molecule has 0 unspecified atom stereocenters. The van der Waals surface area contributed by atoms with Crippen molar-refractivity contribution in [3.63, 3.8) is 0 Å². The normalized spacial score (nSPS) is 12.2. The minimum atomic E-state index is -0.125. The van der Waals surface area contributed by atoms with E-state index >= 15 is 0 Å². The van der Waals surface area contributed by atoms with E-state index in [4.69, 9.17) is 0 Å². The minimum absolute atomic E-state index is 0.0843. The van der Waals surface area contributed by atoms with Gasteiger partial charge < -0.3 is 8.80 Å². The van der Waals surface area contributed by atoms with Crippen LogP contribution in [0.25, 0.3) is 109 Å². The molecule has 8 aromatic carbocycles. The van der Waals surface area contributed by atoms with Gasteiger partial charge in [0.05, 0.1) is 33.1 Å². The topological polar surface area (TPSA) is 77.1 Å². The Morgan fingerprint density at radius 2 is 0.696 bits per heavy atom. The van der Waals surface area contributed by atoms with Gasteiger partial charge in [-0.2, -0.15) is 0 Å². The first kappa shape index (κ1) is 30.7. The van der Waals surface area contributed by atoms with E-state index in [1.54, 1.807) is 36.4 Å². The number of hydrogen-bond donors (Lipinski definition) is 0. The van der Waals surface area contributed by atoms with Crippen molar-refractivity contribution >= 4 is 87.0 Å². The molecule has 0 atom stereocenters. The Morgan fingerprint density at radius 1 is 0.286 bits per heavy atom. The molecule has 0 saturated heterocycles. The van der Waals surface area contributed by atoms with Crippen LogP contribution >= 0.6 is 0 Å². The lowest BCUT2D eigenvalue weighted by Crippen LogP contribution is -2.14. The summed E-state index contributed by atoms with van der Waals surface area (Å²) in [5.41, 5.74) is 7.45. The van der Waals surface area contributed by atoms with E-state index in [9.17, 15) is 19.2 Å². The molecule has 0 radical (unpaired) electrons. The predicted octanol–water partition coefficient (Wildman–Crippen LogP) is 9.91. The van der Waals surface area contributed by atoms with E-state index in [1.807, 2.05) is 97.1 Å². The first-order chi connectivity index (χ1) is 27.5. The average Bonchev–Trinajstić information content (AvgIpc) is 3.25. The van der Waals surface area contributed by atoms with Crippen LogP contribution in [0.4, 0.5) is 0 Å². The van der Waals surface area contributed by atoms with Crippen LogP contribution in [0.3, 0.4) is 0 Å². The number of rotatable bonds is 2. The van der Waals surface area contributed by atoms with Gasteiger partial charge >= 0.3 is 0 Å². The molecule has 12 rings (SSSR count). The van der Waals surface area contributed by atoms with E-state index in [0.717, 1.165) is 55.1 Å². The fourth-order valence-corrected chi connectivity index (χ4v) is 9.23. The van der Waals surface area contributed by atoms with Gasteiger partial charge in [-0.3, -0.25) is 19.2 Å². The third kappa shape index (κ3) is 3.94. The Kier molecular flexibility index (Phi) is 6.00. The van der Waals surface area contributed by atoms with Crippen LogP contribution in [0.1, 0.15) is 0 Å². The van der Waals surface area contributed by atoms with Crippen LogP contribution in [0.5, 0.6) is 0 Å². The molecule has 0 aliphatic rings. The zero-order valence-corrected chi connectivity index (χ0v) is 29.5. The summed E-state index contributed by atoms with van der Waals surface area (Å²) in [5.74, 6) is 0. The van der Waals surface area contributed by atoms with Crippen molar-refractivity contribution in [3.8, 4) is 22.3 Å². The summed E-state index contributed by atoms with van der Waals surface area (Å²) in [5, 5.41) is 6.42. The lowest BCUT2D eigenvalue weighted by atomic mass is 9.91. The highest BCUT2D eigenvalue weighted by molar-refractivity contribution is 6.11. The highest BCUT2D eigenvalue weighted by atomic mass is 16.1. The number of para-hydroxylation sites is 4. The molecule has 56 heavy (non-hydrogen) atoms. The van der Waals surface area contributed by atoms with E-state index in [-0.39, 0.29) is 21.7 Å². The quantitative estimate of drug-likeness (QED) is 0.132. The van der Waals surface area contributed by atoms with Crippen LogP contribution in [0.2, 0.25) is 0 Å². The maximum absolute atomic E-state index is 14.3. The number of pyridine rings is 4. The van der Waals surface area contributed by atoms with Gasteiger partial charge in [0, 0.05) is 43.1 Å². The largest absolute Gasteiger partial charge is 0.308 e. The smallest absolute Gasteiger partial charge is 0.197 e. The number of hydrogen-bond acceptors (Lipinski definition) is 4. The fraction of sp³-hybridized carbons (Fsp3) is 0. The Balaban J connectivity index is 1.13. The van der Waals surface area contributed by atoms with E-state index < -0.39 is 0 Å². The summed E-state index contributed by atoms with van der Waals surface area (Å²) in [7, 11) is 0. The van der Waals surface area contributed by atoms with E-state index in [1.165, 1.54) is 0 Å². The van der Waals surface area contributed by atoms with Gasteiger partial charge in [-0.15, -0.1) is 0 Å². The van der Waals surface area contributed by atoms with Crippen molar-refractivity contribution < 1.29 is 0 Å². The van der Waals surface area contributed by atoms with Crippen LogP contribution in [-0.4, -0.2) is 8.80 Å². The standard InChI is InChI=1S/C50H26N2O4/c53-47-32-11-3-5-17-41(32)51-43-21-19-27(24-39(43)49(55)36-15-7-13-34(47)45(36)51)30-23-28-9-1-2-10-31(28)38(26-30)29-20-22-44-40(25-29)50(56)37-16-8-14-35-46(37)52(44)42-18-6-4-12-33(42)48(35)54/h1-26H. The van der Waals surface area contributed by atoms with E-state index in [2.05, 4.69) is 33.1 Å². The van der Waals surface area contributed by atoms with Crippen LogP contribution in [0.15, 0.2) is 177 Å². The summed E-state index contributed by atoms with van der Waals surface area (Å²) in [4.78, 5) is 55.7.